The number of nitrogens with zero attached hydrogens (tertiary/aromatic N) is 2. The third kappa shape index (κ3) is 3.90. The standard InChI is InChI=1S/C16H9Cl3FN3O3/c17-9-2-1-7(3-12(9)20)6-21-15(25)14-22-16(26-23-14)8-4-10(18)13(24)11(19)5-8/h1-5,24H,6H2,(H,21,25). The number of hydrogen-bond acceptors (Lipinski definition) is 5. The normalized spacial score (nSPS) is 10.8. The molecule has 0 aliphatic carbocycles. The van der Waals surface area contributed by atoms with Crippen LogP contribution in [0.1, 0.15) is 16.2 Å². The Hall–Kier alpha value is -2.35. The fourth-order valence-corrected chi connectivity index (χ4v) is 2.64. The number of aromatic hydroxyl groups is 1. The molecule has 0 spiro atoms. The average molecular weight is 417 g/mol. The van der Waals surface area contributed by atoms with Gasteiger partial charge in [0.15, 0.2) is 5.75 Å². The van der Waals surface area contributed by atoms with Crippen LogP contribution in [0.2, 0.25) is 15.1 Å². The predicted molar refractivity (Wildman–Crippen MR) is 94.0 cm³/mol. The van der Waals surface area contributed by atoms with Crippen molar-refractivity contribution in [3.63, 3.8) is 0 Å². The zero-order valence-electron chi connectivity index (χ0n) is 12.8. The van der Waals surface area contributed by atoms with Crippen LogP contribution in [0.3, 0.4) is 0 Å². The second-order valence-corrected chi connectivity index (χ2v) is 6.36. The lowest BCUT2D eigenvalue weighted by atomic mass is 10.2. The molecule has 0 radical (unpaired) electrons. The molecule has 134 valence electrons. The number of phenolic OH excluding ortho intramolecular Hbond substituents is 1. The van der Waals surface area contributed by atoms with Gasteiger partial charge in [-0.25, -0.2) is 4.39 Å². The van der Waals surface area contributed by atoms with E-state index in [9.17, 15) is 14.3 Å². The quantitative estimate of drug-likeness (QED) is 0.655. The molecule has 26 heavy (non-hydrogen) atoms. The van der Waals surface area contributed by atoms with Crippen LogP contribution in [-0.2, 0) is 6.54 Å². The lowest BCUT2D eigenvalue weighted by Crippen LogP contribution is -2.24. The van der Waals surface area contributed by atoms with Gasteiger partial charge in [-0.05, 0) is 29.8 Å². The SMILES string of the molecule is O=C(NCc1ccc(Cl)c(F)c1)c1noc(-c2cc(Cl)c(O)c(Cl)c2)n1. The van der Waals surface area contributed by atoms with Gasteiger partial charge in [0.05, 0.1) is 15.1 Å². The van der Waals surface area contributed by atoms with Crippen LogP contribution >= 0.6 is 34.8 Å². The number of carbonyl (C=O) groups is 1. The molecular weight excluding hydrogens is 408 g/mol. The molecule has 0 unspecified atom stereocenters. The maximum absolute atomic E-state index is 13.4. The summed E-state index contributed by atoms with van der Waals surface area (Å²) >= 11 is 17.3. The number of phenols is 1. The van der Waals surface area contributed by atoms with Gasteiger partial charge in [-0.15, -0.1) is 0 Å². The molecule has 0 fully saturated rings. The van der Waals surface area contributed by atoms with E-state index < -0.39 is 11.7 Å². The lowest BCUT2D eigenvalue weighted by Gasteiger charge is -2.03. The fourth-order valence-electron chi connectivity index (χ4n) is 2.03. The molecule has 0 aliphatic rings. The largest absolute Gasteiger partial charge is 0.505 e. The highest BCUT2D eigenvalue weighted by Crippen LogP contribution is 2.35. The van der Waals surface area contributed by atoms with Gasteiger partial charge in [0, 0.05) is 12.1 Å². The zero-order chi connectivity index (χ0) is 18.8. The summed E-state index contributed by atoms with van der Waals surface area (Å²) in [4.78, 5) is 16.0. The second-order valence-electron chi connectivity index (χ2n) is 5.14. The molecule has 3 rings (SSSR count). The van der Waals surface area contributed by atoms with Crippen LogP contribution < -0.4 is 5.32 Å². The molecule has 2 N–H and O–H groups in total. The highest BCUT2D eigenvalue weighted by Gasteiger charge is 2.18. The Morgan fingerprint density at radius 3 is 2.50 bits per heavy atom. The topological polar surface area (TPSA) is 88.2 Å². The third-order valence-corrected chi connectivity index (χ3v) is 4.21. The maximum Gasteiger partial charge on any atom is 0.292 e. The van der Waals surface area contributed by atoms with Crippen LogP contribution in [0, 0.1) is 5.82 Å². The Labute approximate surface area is 161 Å². The van der Waals surface area contributed by atoms with Crippen LogP contribution in [0.5, 0.6) is 5.75 Å². The monoisotopic (exact) mass is 415 g/mol. The van der Waals surface area contributed by atoms with E-state index in [0.717, 1.165) is 0 Å². The highest BCUT2D eigenvalue weighted by molar-refractivity contribution is 6.37. The smallest absolute Gasteiger partial charge is 0.292 e. The summed E-state index contributed by atoms with van der Waals surface area (Å²) in [5, 5.41) is 15.7. The minimum absolute atomic E-state index is 0.00136. The summed E-state index contributed by atoms with van der Waals surface area (Å²) in [7, 11) is 0. The van der Waals surface area contributed by atoms with E-state index in [4.69, 9.17) is 39.3 Å². The van der Waals surface area contributed by atoms with Gasteiger partial charge >= 0.3 is 0 Å². The first-order valence-corrected chi connectivity index (χ1v) is 8.22. The van der Waals surface area contributed by atoms with E-state index in [1.165, 1.54) is 24.3 Å². The molecular formula is C16H9Cl3FN3O3. The van der Waals surface area contributed by atoms with E-state index >= 15 is 0 Å². The molecule has 3 aromatic rings. The number of halogens is 4. The van der Waals surface area contributed by atoms with E-state index in [-0.39, 0.29) is 39.1 Å². The summed E-state index contributed by atoms with van der Waals surface area (Å²) in [6, 6.07) is 6.92. The Kier molecular flexibility index (Phi) is 5.31. The number of benzene rings is 2. The van der Waals surface area contributed by atoms with Gasteiger partial charge < -0.3 is 14.9 Å². The Morgan fingerprint density at radius 2 is 1.85 bits per heavy atom. The van der Waals surface area contributed by atoms with Crippen molar-refractivity contribution in [2.45, 2.75) is 6.54 Å². The molecule has 6 nitrogen and oxygen atoms in total. The molecule has 1 amide bonds. The van der Waals surface area contributed by atoms with Gasteiger partial charge in [-0.2, -0.15) is 4.98 Å². The minimum atomic E-state index is -0.619. The van der Waals surface area contributed by atoms with Gasteiger partial charge in [-0.1, -0.05) is 46.0 Å². The average Bonchev–Trinajstić information content (AvgIpc) is 3.10. The maximum atomic E-state index is 13.4. The fraction of sp³-hybridized carbons (Fsp3) is 0.0625. The molecule has 0 bridgehead atoms. The molecule has 0 atom stereocenters. The Bertz CT molecular complexity index is 971. The Balaban J connectivity index is 1.73. The van der Waals surface area contributed by atoms with Crippen molar-refractivity contribution in [2.75, 3.05) is 0 Å². The van der Waals surface area contributed by atoms with Gasteiger partial charge in [0.1, 0.15) is 5.82 Å². The van der Waals surface area contributed by atoms with Crippen LogP contribution in [0.15, 0.2) is 34.9 Å². The van der Waals surface area contributed by atoms with Crippen molar-refractivity contribution < 1.29 is 18.8 Å². The van der Waals surface area contributed by atoms with Gasteiger partial charge in [0.25, 0.3) is 17.6 Å². The first-order valence-electron chi connectivity index (χ1n) is 7.09. The van der Waals surface area contributed by atoms with Crippen molar-refractivity contribution in [3.05, 3.63) is 62.6 Å². The van der Waals surface area contributed by atoms with Crippen molar-refractivity contribution in [1.82, 2.24) is 15.5 Å². The van der Waals surface area contributed by atoms with Crippen molar-refractivity contribution in [1.29, 1.82) is 0 Å². The predicted octanol–water partition coefficient (Wildman–Crippen LogP) is 4.47. The van der Waals surface area contributed by atoms with Crippen molar-refractivity contribution in [3.8, 4) is 17.2 Å². The molecule has 0 saturated carbocycles. The van der Waals surface area contributed by atoms with E-state index in [1.807, 2.05) is 0 Å². The number of carbonyl (C=O) groups excluding carboxylic acids is 1. The van der Waals surface area contributed by atoms with Crippen LogP contribution in [0.4, 0.5) is 4.39 Å². The number of hydrogen-bond donors (Lipinski definition) is 2. The number of nitrogens with one attached hydrogen (secondary N) is 1. The highest BCUT2D eigenvalue weighted by atomic mass is 35.5. The molecule has 0 aliphatic heterocycles. The first kappa shape index (κ1) is 18.4. The van der Waals surface area contributed by atoms with Crippen LogP contribution in [-0.4, -0.2) is 21.2 Å². The van der Waals surface area contributed by atoms with Crippen molar-refractivity contribution >= 4 is 40.7 Å². The number of aromatic nitrogens is 2. The van der Waals surface area contributed by atoms with Crippen LogP contribution in [0.25, 0.3) is 11.5 Å². The number of amides is 1. The third-order valence-electron chi connectivity index (χ3n) is 3.33. The molecule has 1 heterocycles. The summed E-state index contributed by atoms with van der Waals surface area (Å²) in [5.74, 6) is -1.70. The summed E-state index contributed by atoms with van der Waals surface area (Å²) in [6.45, 7) is 0.0493. The summed E-state index contributed by atoms with van der Waals surface area (Å²) < 4.78 is 18.4. The van der Waals surface area contributed by atoms with E-state index in [0.29, 0.717) is 11.1 Å². The summed E-state index contributed by atoms with van der Waals surface area (Å²) in [6.07, 6.45) is 0. The number of rotatable bonds is 4. The molecule has 10 heteroatoms. The molecule has 2 aromatic carbocycles. The molecule has 1 aromatic heterocycles. The first-order chi connectivity index (χ1) is 12.3. The zero-order valence-corrected chi connectivity index (χ0v) is 15.0. The van der Waals surface area contributed by atoms with E-state index in [1.54, 1.807) is 6.07 Å². The summed E-state index contributed by atoms with van der Waals surface area (Å²) in [5.41, 5.74) is 0.852. The van der Waals surface area contributed by atoms with Crippen molar-refractivity contribution in [2.24, 2.45) is 0 Å². The molecule has 0 saturated heterocycles. The Morgan fingerprint density at radius 1 is 1.15 bits per heavy atom. The van der Waals surface area contributed by atoms with E-state index in [2.05, 4.69) is 15.5 Å². The second kappa shape index (κ2) is 7.49. The lowest BCUT2D eigenvalue weighted by molar-refractivity contribution is 0.0937. The van der Waals surface area contributed by atoms with Gasteiger partial charge in [0.2, 0.25) is 0 Å². The minimum Gasteiger partial charge on any atom is -0.505 e. The van der Waals surface area contributed by atoms with Gasteiger partial charge in [-0.3, -0.25) is 4.79 Å².